The normalized spacial score (nSPS) is 11.5. The van der Waals surface area contributed by atoms with Crippen LogP contribution in [0.1, 0.15) is 25.8 Å². The number of hydrogen-bond donors (Lipinski definition) is 0. The largest absolute Gasteiger partial charge is 0.304 e. The second kappa shape index (κ2) is 8.56. The molecule has 0 saturated heterocycles. The van der Waals surface area contributed by atoms with Crippen molar-refractivity contribution in [3.05, 3.63) is 69.5 Å². The van der Waals surface area contributed by atoms with E-state index in [-0.39, 0.29) is 5.56 Å². The molecule has 0 spiro atoms. The molecule has 2 aromatic carbocycles. The maximum atomic E-state index is 12.9. The summed E-state index contributed by atoms with van der Waals surface area (Å²) in [7, 11) is 0. The second-order valence-corrected chi connectivity index (χ2v) is 6.95. The fourth-order valence-corrected chi connectivity index (χ4v) is 3.52. The van der Waals surface area contributed by atoms with Crippen molar-refractivity contribution in [1.82, 2.24) is 14.3 Å². The van der Waals surface area contributed by atoms with Gasteiger partial charge in [0.1, 0.15) is 0 Å². The van der Waals surface area contributed by atoms with Crippen LogP contribution in [-0.2, 0) is 13.1 Å². The highest BCUT2D eigenvalue weighted by atomic mass is 35.5. The highest BCUT2D eigenvalue weighted by molar-refractivity contribution is 6.30. The first-order valence-electron chi connectivity index (χ1n) is 9.29. The number of hydrogen-bond acceptors (Lipinski definition) is 2. The number of aromatic nitrogens is 2. The zero-order valence-electron chi connectivity index (χ0n) is 15.5. The molecule has 26 heavy (non-hydrogen) atoms. The van der Waals surface area contributed by atoms with Gasteiger partial charge in [0, 0.05) is 11.6 Å². The molecular weight excluding hydrogens is 346 g/mol. The summed E-state index contributed by atoms with van der Waals surface area (Å²) in [5.74, 6) is 0. The van der Waals surface area contributed by atoms with Crippen LogP contribution in [0, 0.1) is 0 Å². The van der Waals surface area contributed by atoms with Crippen molar-refractivity contribution in [2.75, 3.05) is 19.6 Å². The van der Waals surface area contributed by atoms with Crippen LogP contribution < -0.4 is 5.56 Å². The smallest absolute Gasteiger partial charge is 0.274 e. The predicted molar refractivity (Wildman–Crippen MR) is 109 cm³/mol. The predicted octanol–water partition coefficient (Wildman–Crippen LogP) is 4.24. The fourth-order valence-electron chi connectivity index (χ4n) is 3.40. The first kappa shape index (κ1) is 18.7. The Bertz CT molecular complexity index is 907. The van der Waals surface area contributed by atoms with Gasteiger partial charge in [-0.3, -0.25) is 9.48 Å². The van der Waals surface area contributed by atoms with E-state index in [0.717, 1.165) is 54.1 Å². The van der Waals surface area contributed by atoms with Gasteiger partial charge in [0.25, 0.3) is 5.56 Å². The first-order valence-corrected chi connectivity index (χ1v) is 9.67. The zero-order chi connectivity index (χ0) is 18.5. The molecule has 0 N–H and O–H groups in total. The number of halogens is 1. The summed E-state index contributed by atoms with van der Waals surface area (Å²) in [4.78, 5) is 15.3. The molecule has 138 valence electrons. The van der Waals surface area contributed by atoms with E-state index in [1.165, 1.54) is 0 Å². The van der Waals surface area contributed by atoms with Crippen molar-refractivity contribution in [3.8, 4) is 0 Å². The summed E-state index contributed by atoms with van der Waals surface area (Å²) in [6.07, 6.45) is 0.957. The van der Waals surface area contributed by atoms with E-state index in [2.05, 4.69) is 23.4 Å². The molecule has 3 rings (SSSR count). The lowest BCUT2D eigenvalue weighted by molar-refractivity contribution is 0.286. The van der Waals surface area contributed by atoms with Crippen molar-refractivity contribution in [3.63, 3.8) is 0 Å². The Morgan fingerprint density at radius 2 is 1.65 bits per heavy atom. The Balaban J connectivity index is 1.91. The monoisotopic (exact) mass is 371 g/mol. The zero-order valence-corrected chi connectivity index (χ0v) is 16.2. The summed E-state index contributed by atoms with van der Waals surface area (Å²) in [6, 6.07) is 15.7. The Hall–Kier alpha value is -2.04. The lowest BCUT2D eigenvalue weighted by atomic mass is 10.2. The van der Waals surface area contributed by atoms with Gasteiger partial charge in [0.15, 0.2) is 0 Å². The molecule has 1 heterocycles. The molecule has 0 bridgehead atoms. The summed E-state index contributed by atoms with van der Waals surface area (Å²) in [5, 5.41) is 1.51. The van der Waals surface area contributed by atoms with Gasteiger partial charge in [-0.2, -0.15) is 0 Å². The Kier molecular flexibility index (Phi) is 6.17. The van der Waals surface area contributed by atoms with Crippen LogP contribution in [0.25, 0.3) is 10.9 Å². The standard InChI is InChI=1S/C21H26ClN3O/c1-3-23(4-2)14-7-15-24-21(26)19-8-5-6-9-20(19)25(24)16-17-10-12-18(22)13-11-17/h5-6,8-13H,3-4,7,14-16H2,1-2H3. The van der Waals surface area contributed by atoms with Gasteiger partial charge < -0.3 is 4.90 Å². The highest BCUT2D eigenvalue weighted by Gasteiger charge is 2.13. The fraction of sp³-hybridized carbons (Fsp3) is 0.381. The van der Waals surface area contributed by atoms with Crippen molar-refractivity contribution in [2.24, 2.45) is 0 Å². The van der Waals surface area contributed by atoms with Crippen LogP contribution in [-0.4, -0.2) is 33.9 Å². The Morgan fingerprint density at radius 1 is 0.962 bits per heavy atom. The van der Waals surface area contributed by atoms with Crippen molar-refractivity contribution in [2.45, 2.75) is 33.4 Å². The molecule has 0 saturated carbocycles. The first-order chi connectivity index (χ1) is 12.6. The van der Waals surface area contributed by atoms with E-state index >= 15 is 0 Å². The maximum absolute atomic E-state index is 12.9. The minimum absolute atomic E-state index is 0.0918. The van der Waals surface area contributed by atoms with Crippen LogP contribution in [0.4, 0.5) is 0 Å². The molecule has 0 atom stereocenters. The summed E-state index contributed by atoms with van der Waals surface area (Å²) in [5.41, 5.74) is 2.21. The number of fused-ring (bicyclic) bond motifs is 1. The third-order valence-electron chi connectivity index (χ3n) is 4.92. The number of rotatable bonds is 8. The van der Waals surface area contributed by atoms with Gasteiger partial charge in [-0.25, -0.2) is 4.68 Å². The van der Waals surface area contributed by atoms with Gasteiger partial charge in [-0.05, 0) is 55.9 Å². The molecule has 0 unspecified atom stereocenters. The van der Waals surface area contributed by atoms with Crippen LogP contribution >= 0.6 is 11.6 Å². The van der Waals surface area contributed by atoms with Crippen LogP contribution in [0.15, 0.2) is 53.3 Å². The number of para-hydroxylation sites is 1. The summed E-state index contributed by atoms with van der Waals surface area (Å²) < 4.78 is 3.99. The molecular formula is C21H26ClN3O. The third-order valence-corrected chi connectivity index (χ3v) is 5.17. The van der Waals surface area contributed by atoms with Gasteiger partial charge in [-0.1, -0.05) is 49.7 Å². The average molecular weight is 372 g/mol. The number of nitrogens with zero attached hydrogens (tertiary/aromatic N) is 3. The van der Waals surface area contributed by atoms with E-state index in [1.54, 1.807) is 0 Å². The molecule has 0 aliphatic heterocycles. The third kappa shape index (κ3) is 4.02. The summed E-state index contributed by atoms with van der Waals surface area (Å²) >= 11 is 6.00. The molecule has 0 amide bonds. The van der Waals surface area contributed by atoms with Gasteiger partial charge in [0.2, 0.25) is 0 Å². The van der Waals surface area contributed by atoms with Crippen molar-refractivity contribution in [1.29, 1.82) is 0 Å². The Morgan fingerprint density at radius 3 is 2.35 bits per heavy atom. The van der Waals surface area contributed by atoms with E-state index in [1.807, 2.05) is 53.2 Å². The van der Waals surface area contributed by atoms with E-state index < -0.39 is 0 Å². The van der Waals surface area contributed by atoms with Crippen LogP contribution in [0.5, 0.6) is 0 Å². The summed E-state index contributed by atoms with van der Waals surface area (Å²) in [6.45, 7) is 8.81. The quantitative estimate of drug-likeness (QED) is 0.593. The molecule has 0 aliphatic carbocycles. The Labute approximate surface area is 159 Å². The molecule has 3 aromatic rings. The molecule has 0 fully saturated rings. The second-order valence-electron chi connectivity index (χ2n) is 6.51. The van der Waals surface area contributed by atoms with E-state index in [9.17, 15) is 4.79 Å². The maximum Gasteiger partial charge on any atom is 0.274 e. The van der Waals surface area contributed by atoms with Gasteiger partial charge >= 0.3 is 0 Å². The molecule has 5 heteroatoms. The average Bonchev–Trinajstić information content (AvgIpc) is 2.93. The van der Waals surface area contributed by atoms with Crippen molar-refractivity contribution >= 4 is 22.5 Å². The lowest BCUT2D eigenvalue weighted by Gasteiger charge is -2.19. The molecule has 1 aromatic heterocycles. The molecule has 0 aliphatic rings. The lowest BCUT2D eigenvalue weighted by Crippen LogP contribution is -2.28. The molecule has 0 radical (unpaired) electrons. The molecule has 4 nitrogen and oxygen atoms in total. The van der Waals surface area contributed by atoms with E-state index in [4.69, 9.17) is 11.6 Å². The van der Waals surface area contributed by atoms with Crippen LogP contribution in [0.3, 0.4) is 0 Å². The SMILES string of the molecule is CCN(CC)CCCn1c(=O)c2ccccc2n1Cc1ccc(Cl)cc1. The van der Waals surface area contributed by atoms with Crippen LogP contribution in [0.2, 0.25) is 5.02 Å². The van der Waals surface area contributed by atoms with Gasteiger partial charge in [-0.15, -0.1) is 0 Å². The minimum atomic E-state index is 0.0918. The minimum Gasteiger partial charge on any atom is -0.304 e. The van der Waals surface area contributed by atoms with Gasteiger partial charge in [0.05, 0.1) is 17.4 Å². The van der Waals surface area contributed by atoms with E-state index in [0.29, 0.717) is 6.54 Å². The highest BCUT2D eigenvalue weighted by Crippen LogP contribution is 2.16. The number of benzene rings is 2. The van der Waals surface area contributed by atoms with Crippen molar-refractivity contribution < 1.29 is 0 Å². The topological polar surface area (TPSA) is 30.2 Å².